The fraction of sp³-hybridized carbons (Fsp3) is 0.500. The summed E-state index contributed by atoms with van der Waals surface area (Å²) in [7, 11) is 0. The van der Waals surface area contributed by atoms with Crippen LogP contribution in [0.15, 0.2) is 24.5 Å². The first-order chi connectivity index (χ1) is 8.96. The third-order valence-corrected chi connectivity index (χ3v) is 2.71. The number of nitrogens with one attached hydrogen (secondary N) is 2. The van der Waals surface area contributed by atoms with Gasteiger partial charge in [0.05, 0.1) is 11.8 Å². The molecule has 0 bridgehead atoms. The van der Waals surface area contributed by atoms with Crippen LogP contribution in [0.3, 0.4) is 0 Å². The van der Waals surface area contributed by atoms with E-state index in [0.29, 0.717) is 12.3 Å². The summed E-state index contributed by atoms with van der Waals surface area (Å²) in [4.78, 5) is 7.23. The van der Waals surface area contributed by atoms with E-state index in [1.807, 2.05) is 18.2 Å². The molecule has 5 heteroatoms. The zero-order valence-electron chi connectivity index (χ0n) is 11.6. The molecule has 2 rings (SSSR count). The molecule has 0 fully saturated rings. The maximum atomic E-state index is 9.88. The summed E-state index contributed by atoms with van der Waals surface area (Å²) in [6.45, 7) is 6.93. The number of H-pyrrole nitrogens is 1. The Hall–Kier alpha value is -1.59. The Morgan fingerprint density at radius 2 is 2.21 bits per heavy atom. The van der Waals surface area contributed by atoms with Crippen molar-refractivity contribution in [2.45, 2.75) is 32.4 Å². The lowest BCUT2D eigenvalue weighted by Crippen LogP contribution is -2.42. The lowest BCUT2D eigenvalue weighted by Gasteiger charge is -2.22. The highest BCUT2D eigenvalue weighted by Crippen LogP contribution is 2.22. The summed E-state index contributed by atoms with van der Waals surface area (Å²) in [5.74, 6) is 0.688. The topological polar surface area (TPSA) is 70.2 Å². The van der Waals surface area contributed by atoms with Gasteiger partial charge in [-0.15, -0.1) is 0 Å². The first-order valence-corrected chi connectivity index (χ1v) is 6.44. The monoisotopic (exact) mass is 263 g/mol. The summed E-state index contributed by atoms with van der Waals surface area (Å²) >= 11 is 0. The van der Waals surface area contributed by atoms with E-state index in [2.05, 4.69) is 36.1 Å². The highest BCUT2D eigenvalue weighted by atomic mass is 16.5. The number of aliphatic hydroxyl groups excluding tert-OH is 1. The number of ether oxygens (including phenoxy) is 1. The summed E-state index contributed by atoms with van der Waals surface area (Å²) in [6, 6.07) is 5.69. The van der Waals surface area contributed by atoms with Crippen molar-refractivity contribution in [2.75, 3.05) is 13.2 Å². The van der Waals surface area contributed by atoms with Crippen LogP contribution in [-0.4, -0.2) is 39.9 Å². The van der Waals surface area contributed by atoms with Crippen molar-refractivity contribution in [3.05, 3.63) is 24.5 Å². The SMILES string of the molecule is CC(C)(C)NCC(O)COc1cccc2[nH]cnc12. The summed E-state index contributed by atoms with van der Waals surface area (Å²) < 4.78 is 5.63. The van der Waals surface area contributed by atoms with Crippen LogP contribution >= 0.6 is 0 Å². The van der Waals surface area contributed by atoms with Gasteiger partial charge in [-0.25, -0.2) is 4.98 Å². The molecule has 1 aromatic carbocycles. The van der Waals surface area contributed by atoms with E-state index >= 15 is 0 Å². The first-order valence-electron chi connectivity index (χ1n) is 6.44. The standard InChI is InChI=1S/C14H21N3O2/c1-14(2,3)17-7-10(18)8-19-12-6-4-5-11-13(12)16-9-15-11/h4-6,9-10,17-18H,7-8H2,1-3H3,(H,15,16). The average Bonchev–Trinajstić information content (AvgIpc) is 2.81. The van der Waals surface area contributed by atoms with Crippen LogP contribution in [0.25, 0.3) is 11.0 Å². The molecule has 0 radical (unpaired) electrons. The van der Waals surface area contributed by atoms with Crippen LogP contribution in [0.1, 0.15) is 20.8 Å². The van der Waals surface area contributed by atoms with E-state index in [-0.39, 0.29) is 12.1 Å². The van der Waals surface area contributed by atoms with Gasteiger partial charge >= 0.3 is 0 Å². The second-order valence-corrected chi connectivity index (χ2v) is 5.65. The molecule has 19 heavy (non-hydrogen) atoms. The van der Waals surface area contributed by atoms with Crippen LogP contribution in [0.2, 0.25) is 0 Å². The van der Waals surface area contributed by atoms with Crippen molar-refractivity contribution in [1.82, 2.24) is 15.3 Å². The summed E-state index contributed by atoms with van der Waals surface area (Å²) in [5.41, 5.74) is 1.71. The Bertz CT molecular complexity index is 531. The average molecular weight is 263 g/mol. The molecule has 0 saturated heterocycles. The smallest absolute Gasteiger partial charge is 0.147 e. The Balaban J connectivity index is 1.90. The molecule has 1 aromatic heterocycles. The molecule has 0 aliphatic rings. The number of fused-ring (bicyclic) bond motifs is 1. The molecular weight excluding hydrogens is 242 g/mol. The van der Waals surface area contributed by atoms with Gasteiger partial charge in [0.2, 0.25) is 0 Å². The molecule has 1 heterocycles. The number of nitrogens with zero attached hydrogens (tertiary/aromatic N) is 1. The van der Waals surface area contributed by atoms with Gasteiger partial charge in [0.25, 0.3) is 0 Å². The van der Waals surface area contributed by atoms with Crippen LogP contribution in [-0.2, 0) is 0 Å². The zero-order chi connectivity index (χ0) is 13.9. The van der Waals surface area contributed by atoms with E-state index < -0.39 is 6.10 Å². The molecule has 0 aliphatic heterocycles. The fourth-order valence-electron chi connectivity index (χ4n) is 1.72. The Kier molecular flexibility index (Phi) is 4.07. The number of hydrogen-bond acceptors (Lipinski definition) is 4. The van der Waals surface area contributed by atoms with Crippen molar-refractivity contribution in [3.63, 3.8) is 0 Å². The van der Waals surface area contributed by atoms with Gasteiger partial charge in [-0.05, 0) is 32.9 Å². The number of aromatic nitrogens is 2. The van der Waals surface area contributed by atoms with Gasteiger partial charge in [0.1, 0.15) is 24.0 Å². The summed E-state index contributed by atoms with van der Waals surface area (Å²) in [5, 5.41) is 13.1. The normalized spacial score (nSPS) is 13.7. The second-order valence-electron chi connectivity index (χ2n) is 5.65. The Morgan fingerprint density at radius 3 is 2.95 bits per heavy atom. The summed E-state index contributed by atoms with van der Waals surface area (Å²) in [6.07, 6.45) is 1.09. The number of aliphatic hydroxyl groups is 1. The van der Waals surface area contributed by atoms with E-state index in [0.717, 1.165) is 11.0 Å². The predicted molar refractivity (Wildman–Crippen MR) is 75.4 cm³/mol. The molecule has 2 aromatic rings. The number of para-hydroxylation sites is 1. The lowest BCUT2D eigenvalue weighted by atomic mass is 10.1. The molecule has 0 saturated carbocycles. The van der Waals surface area contributed by atoms with Crippen LogP contribution in [0, 0.1) is 0 Å². The van der Waals surface area contributed by atoms with Crippen molar-refractivity contribution in [1.29, 1.82) is 0 Å². The van der Waals surface area contributed by atoms with Crippen LogP contribution in [0.5, 0.6) is 5.75 Å². The van der Waals surface area contributed by atoms with Gasteiger partial charge in [0, 0.05) is 12.1 Å². The fourth-order valence-corrected chi connectivity index (χ4v) is 1.72. The van der Waals surface area contributed by atoms with E-state index in [1.54, 1.807) is 6.33 Å². The lowest BCUT2D eigenvalue weighted by molar-refractivity contribution is 0.101. The van der Waals surface area contributed by atoms with Crippen molar-refractivity contribution in [3.8, 4) is 5.75 Å². The van der Waals surface area contributed by atoms with Gasteiger partial charge < -0.3 is 20.1 Å². The van der Waals surface area contributed by atoms with Crippen molar-refractivity contribution in [2.24, 2.45) is 0 Å². The van der Waals surface area contributed by atoms with Gasteiger partial charge in [-0.2, -0.15) is 0 Å². The largest absolute Gasteiger partial charge is 0.488 e. The minimum atomic E-state index is -0.548. The third-order valence-electron chi connectivity index (χ3n) is 2.71. The molecule has 0 amide bonds. The maximum absolute atomic E-state index is 9.88. The molecule has 1 atom stereocenters. The number of hydrogen-bond donors (Lipinski definition) is 3. The minimum absolute atomic E-state index is 0.0107. The van der Waals surface area contributed by atoms with Gasteiger partial charge in [-0.3, -0.25) is 0 Å². The maximum Gasteiger partial charge on any atom is 0.147 e. The Morgan fingerprint density at radius 1 is 1.42 bits per heavy atom. The van der Waals surface area contributed by atoms with Crippen LogP contribution < -0.4 is 10.1 Å². The quantitative estimate of drug-likeness (QED) is 0.768. The number of rotatable bonds is 5. The Labute approximate surface area is 113 Å². The minimum Gasteiger partial charge on any atom is -0.488 e. The molecule has 0 spiro atoms. The number of benzene rings is 1. The van der Waals surface area contributed by atoms with E-state index in [4.69, 9.17) is 4.74 Å². The number of imidazole rings is 1. The van der Waals surface area contributed by atoms with Crippen molar-refractivity contribution >= 4 is 11.0 Å². The predicted octanol–water partition coefficient (Wildman–Crippen LogP) is 1.69. The third kappa shape index (κ3) is 3.94. The molecule has 3 N–H and O–H groups in total. The first kappa shape index (κ1) is 13.8. The molecule has 5 nitrogen and oxygen atoms in total. The number of β-amino-alcohol motifs (C(OH)–C–C–N with tert-alkyl or cyclic N) is 1. The van der Waals surface area contributed by atoms with E-state index in [1.165, 1.54) is 0 Å². The molecule has 104 valence electrons. The van der Waals surface area contributed by atoms with Crippen LogP contribution in [0.4, 0.5) is 0 Å². The molecular formula is C14H21N3O2. The number of aromatic amines is 1. The van der Waals surface area contributed by atoms with Gasteiger partial charge in [-0.1, -0.05) is 6.07 Å². The van der Waals surface area contributed by atoms with E-state index in [9.17, 15) is 5.11 Å². The molecule has 1 unspecified atom stereocenters. The highest BCUT2D eigenvalue weighted by Gasteiger charge is 2.13. The van der Waals surface area contributed by atoms with Crippen molar-refractivity contribution < 1.29 is 9.84 Å². The zero-order valence-corrected chi connectivity index (χ0v) is 11.6. The van der Waals surface area contributed by atoms with Gasteiger partial charge in [0.15, 0.2) is 0 Å². The molecule has 0 aliphatic carbocycles. The second kappa shape index (κ2) is 5.59. The highest BCUT2D eigenvalue weighted by molar-refractivity contribution is 5.80.